The SMILES string of the molecule is CCOC(=O)c1ccc(N2C(=O)C3C4CC(C5C(c6ccccc6Cl)=NOC45)C3C2=O)cc1. The molecule has 33 heavy (non-hydrogen) atoms. The van der Waals surface area contributed by atoms with Gasteiger partial charge in [-0.15, -0.1) is 0 Å². The molecular formula is C25H21ClN2O5. The van der Waals surface area contributed by atoms with Gasteiger partial charge in [0, 0.05) is 22.4 Å². The molecule has 7 nitrogen and oxygen atoms in total. The molecule has 1 saturated heterocycles. The molecule has 2 aliphatic carbocycles. The van der Waals surface area contributed by atoms with Crippen LogP contribution in [0.2, 0.25) is 5.02 Å². The van der Waals surface area contributed by atoms with E-state index >= 15 is 0 Å². The first kappa shape index (κ1) is 20.4. The van der Waals surface area contributed by atoms with Crippen LogP contribution in [0.4, 0.5) is 5.69 Å². The van der Waals surface area contributed by atoms with Crippen molar-refractivity contribution in [3.05, 3.63) is 64.7 Å². The third-order valence-electron chi connectivity index (χ3n) is 7.48. The largest absolute Gasteiger partial charge is 0.462 e. The molecule has 6 unspecified atom stereocenters. The van der Waals surface area contributed by atoms with Crippen LogP contribution in [-0.4, -0.2) is 36.2 Å². The van der Waals surface area contributed by atoms with Gasteiger partial charge in [0.05, 0.1) is 35.4 Å². The monoisotopic (exact) mass is 464 g/mol. The van der Waals surface area contributed by atoms with E-state index in [1.807, 2.05) is 24.3 Å². The highest BCUT2D eigenvalue weighted by atomic mass is 35.5. The summed E-state index contributed by atoms with van der Waals surface area (Å²) in [5.74, 6) is -1.78. The molecule has 2 amide bonds. The average molecular weight is 465 g/mol. The number of oxime groups is 1. The molecule has 2 heterocycles. The van der Waals surface area contributed by atoms with Gasteiger partial charge in [-0.1, -0.05) is 35.0 Å². The second-order valence-electron chi connectivity index (χ2n) is 8.95. The fourth-order valence-corrected chi connectivity index (χ4v) is 6.47. The van der Waals surface area contributed by atoms with Crippen molar-refractivity contribution in [1.82, 2.24) is 0 Å². The minimum atomic E-state index is -0.436. The lowest BCUT2D eigenvalue weighted by molar-refractivity contribution is -0.125. The Hall–Kier alpha value is -3.19. The molecule has 2 aromatic carbocycles. The van der Waals surface area contributed by atoms with E-state index in [-0.39, 0.29) is 42.3 Å². The van der Waals surface area contributed by atoms with Gasteiger partial charge in [-0.3, -0.25) is 14.5 Å². The standard InChI is InChI=1S/C25H21ClN2O5/c1-2-32-25(31)12-7-9-13(10-8-12)28-23(29)18-15-11-16(19(18)24(28)30)22-20(15)21(27-33-22)14-5-3-4-6-17(14)26/h3-10,15-16,18-20,22H,2,11H2,1H3. The summed E-state index contributed by atoms with van der Waals surface area (Å²) in [7, 11) is 0. The minimum Gasteiger partial charge on any atom is -0.462 e. The van der Waals surface area contributed by atoms with Crippen molar-refractivity contribution in [2.24, 2.45) is 34.7 Å². The summed E-state index contributed by atoms with van der Waals surface area (Å²) < 4.78 is 5.01. The van der Waals surface area contributed by atoms with E-state index in [1.54, 1.807) is 31.2 Å². The molecule has 6 rings (SSSR count). The van der Waals surface area contributed by atoms with Crippen molar-refractivity contribution in [3.8, 4) is 0 Å². The van der Waals surface area contributed by atoms with Crippen LogP contribution in [0.25, 0.3) is 0 Å². The maximum Gasteiger partial charge on any atom is 0.338 e. The van der Waals surface area contributed by atoms with Gasteiger partial charge in [-0.05, 0) is 49.6 Å². The van der Waals surface area contributed by atoms with Crippen LogP contribution in [0.15, 0.2) is 53.7 Å². The molecule has 0 radical (unpaired) electrons. The van der Waals surface area contributed by atoms with Crippen LogP contribution < -0.4 is 4.90 Å². The number of esters is 1. The van der Waals surface area contributed by atoms with Gasteiger partial charge in [0.15, 0.2) is 0 Å². The number of hydrogen-bond acceptors (Lipinski definition) is 6. The number of hydrogen-bond donors (Lipinski definition) is 0. The molecule has 168 valence electrons. The van der Waals surface area contributed by atoms with Crippen LogP contribution in [0, 0.1) is 29.6 Å². The highest BCUT2D eigenvalue weighted by Gasteiger charge is 2.70. The number of rotatable bonds is 4. The van der Waals surface area contributed by atoms with Gasteiger partial charge in [-0.2, -0.15) is 0 Å². The van der Waals surface area contributed by atoms with Crippen molar-refractivity contribution in [2.45, 2.75) is 19.4 Å². The third-order valence-corrected chi connectivity index (χ3v) is 7.81. The fourth-order valence-electron chi connectivity index (χ4n) is 6.23. The highest BCUT2D eigenvalue weighted by Crippen LogP contribution is 2.62. The van der Waals surface area contributed by atoms with E-state index in [9.17, 15) is 14.4 Å². The molecular weight excluding hydrogens is 444 g/mol. The van der Waals surface area contributed by atoms with Gasteiger partial charge in [0.2, 0.25) is 11.8 Å². The molecule has 2 bridgehead atoms. The number of carbonyl (C=O) groups is 3. The minimum absolute atomic E-state index is 0.0252. The summed E-state index contributed by atoms with van der Waals surface area (Å²) in [5.41, 5.74) is 2.44. The Morgan fingerprint density at radius 3 is 2.45 bits per heavy atom. The lowest BCUT2D eigenvalue weighted by Gasteiger charge is -2.30. The molecule has 8 heteroatoms. The molecule has 0 aromatic heterocycles. The number of carbonyl (C=O) groups excluding carboxylic acids is 3. The molecule has 2 aromatic rings. The Balaban J connectivity index is 1.29. The predicted octanol–water partition coefficient (Wildman–Crippen LogP) is 3.69. The molecule has 4 aliphatic rings. The quantitative estimate of drug-likeness (QED) is 0.509. The number of amides is 2. The van der Waals surface area contributed by atoms with E-state index in [2.05, 4.69) is 5.16 Å². The van der Waals surface area contributed by atoms with Crippen molar-refractivity contribution in [2.75, 3.05) is 11.5 Å². The molecule has 0 N–H and O–H groups in total. The summed E-state index contributed by atoms with van der Waals surface area (Å²) in [4.78, 5) is 46.0. The number of benzene rings is 2. The Morgan fingerprint density at radius 1 is 1.06 bits per heavy atom. The number of ether oxygens (including phenoxy) is 1. The first-order valence-electron chi connectivity index (χ1n) is 11.1. The molecule has 2 saturated carbocycles. The lowest BCUT2D eigenvalue weighted by Crippen LogP contribution is -2.41. The maximum absolute atomic E-state index is 13.5. The van der Waals surface area contributed by atoms with Gasteiger partial charge < -0.3 is 9.57 Å². The summed E-state index contributed by atoms with van der Waals surface area (Å²) in [6, 6.07) is 13.9. The summed E-state index contributed by atoms with van der Waals surface area (Å²) >= 11 is 6.42. The number of imide groups is 1. The first-order valence-corrected chi connectivity index (χ1v) is 11.5. The Bertz CT molecular complexity index is 1210. The highest BCUT2D eigenvalue weighted by molar-refractivity contribution is 6.34. The summed E-state index contributed by atoms with van der Waals surface area (Å²) in [6.45, 7) is 2.02. The fraction of sp³-hybridized carbons (Fsp3) is 0.360. The van der Waals surface area contributed by atoms with E-state index in [4.69, 9.17) is 21.2 Å². The average Bonchev–Trinajstić information content (AvgIpc) is 3.55. The summed E-state index contributed by atoms with van der Waals surface area (Å²) in [6.07, 6.45) is 0.548. The predicted molar refractivity (Wildman–Crippen MR) is 120 cm³/mol. The molecule has 0 spiro atoms. The second-order valence-corrected chi connectivity index (χ2v) is 9.35. The molecule has 6 atom stereocenters. The van der Waals surface area contributed by atoms with Gasteiger partial charge in [-0.25, -0.2) is 4.79 Å². The maximum atomic E-state index is 13.5. The molecule has 2 aliphatic heterocycles. The van der Waals surface area contributed by atoms with E-state index in [1.165, 1.54) is 4.90 Å². The van der Waals surface area contributed by atoms with Crippen LogP contribution in [0.5, 0.6) is 0 Å². The van der Waals surface area contributed by atoms with Crippen molar-refractivity contribution >= 4 is 40.8 Å². The number of anilines is 1. The summed E-state index contributed by atoms with van der Waals surface area (Å²) in [5, 5.41) is 4.93. The van der Waals surface area contributed by atoms with E-state index < -0.39 is 17.8 Å². The van der Waals surface area contributed by atoms with Crippen molar-refractivity contribution < 1.29 is 24.0 Å². The molecule has 3 fully saturated rings. The van der Waals surface area contributed by atoms with Crippen LogP contribution in [0.1, 0.15) is 29.3 Å². The van der Waals surface area contributed by atoms with Gasteiger partial charge >= 0.3 is 5.97 Å². The van der Waals surface area contributed by atoms with Crippen molar-refractivity contribution in [1.29, 1.82) is 0 Å². The number of fused-ring (bicyclic) bond motifs is 8. The Labute approximate surface area is 195 Å². The second kappa shape index (κ2) is 7.42. The topological polar surface area (TPSA) is 85.3 Å². The normalized spacial score (nSPS) is 31.3. The zero-order valence-corrected chi connectivity index (χ0v) is 18.6. The number of halogens is 1. The van der Waals surface area contributed by atoms with E-state index in [0.717, 1.165) is 17.7 Å². The Kier molecular flexibility index (Phi) is 4.59. The van der Waals surface area contributed by atoms with Crippen LogP contribution in [0.3, 0.4) is 0 Å². The lowest BCUT2D eigenvalue weighted by atomic mass is 9.71. The van der Waals surface area contributed by atoms with Gasteiger partial charge in [0.25, 0.3) is 0 Å². The third kappa shape index (κ3) is 2.81. The first-order chi connectivity index (χ1) is 16.0. The zero-order chi connectivity index (χ0) is 22.9. The zero-order valence-electron chi connectivity index (χ0n) is 17.8. The Morgan fingerprint density at radius 2 is 1.76 bits per heavy atom. The smallest absolute Gasteiger partial charge is 0.338 e. The van der Waals surface area contributed by atoms with E-state index in [0.29, 0.717) is 16.3 Å². The van der Waals surface area contributed by atoms with Gasteiger partial charge in [0.1, 0.15) is 6.10 Å². The van der Waals surface area contributed by atoms with Crippen LogP contribution in [-0.2, 0) is 19.2 Å². The number of nitrogens with zero attached hydrogens (tertiary/aromatic N) is 2. The van der Waals surface area contributed by atoms with Crippen molar-refractivity contribution in [3.63, 3.8) is 0 Å². The van der Waals surface area contributed by atoms with Crippen LogP contribution >= 0.6 is 11.6 Å².